The van der Waals surface area contributed by atoms with Crippen LogP contribution in [-0.4, -0.2) is 12.8 Å². The predicted molar refractivity (Wildman–Crippen MR) is 46.5 cm³/mol. The van der Waals surface area contributed by atoms with Crippen LogP contribution >= 0.6 is 0 Å². The van der Waals surface area contributed by atoms with E-state index in [1.807, 2.05) is 0 Å². The number of hydrogen-bond acceptors (Lipinski definition) is 3. The van der Waals surface area contributed by atoms with Gasteiger partial charge in [0.2, 0.25) is 0 Å². The minimum atomic E-state index is -0.689. The molecule has 0 saturated heterocycles. The molecule has 0 aliphatic rings. The lowest BCUT2D eigenvalue weighted by molar-refractivity contribution is 0.0814. The second-order valence-electron chi connectivity index (χ2n) is 2.66. The first kappa shape index (κ1) is 11.3. The molecule has 0 aliphatic heterocycles. The Morgan fingerprint density at radius 1 is 1.25 bits per heavy atom. The van der Waals surface area contributed by atoms with Crippen molar-refractivity contribution in [3.63, 3.8) is 0 Å². The molecule has 0 aromatic heterocycles. The number of ether oxygens (including phenoxy) is 2. The molecule has 1 radical (unpaired) electrons. The molecule has 0 fully saturated rings. The Morgan fingerprint density at radius 3 is 2.50 bits per heavy atom. The van der Waals surface area contributed by atoms with Crippen LogP contribution in [0.1, 0.15) is 39.0 Å². The predicted octanol–water partition coefficient (Wildman–Crippen LogP) is 2.90. The van der Waals surface area contributed by atoms with Gasteiger partial charge in [-0.2, -0.15) is 0 Å². The molecule has 0 unspecified atom stereocenters. The molecule has 0 rings (SSSR count). The van der Waals surface area contributed by atoms with E-state index in [9.17, 15) is 4.79 Å². The lowest BCUT2D eigenvalue weighted by Crippen LogP contribution is -2.04. The van der Waals surface area contributed by atoms with Gasteiger partial charge in [-0.3, -0.25) is 0 Å². The van der Waals surface area contributed by atoms with Gasteiger partial charge in [0, 0.05) is 0 Å². The molecule has 0 heterocycles. The Kier molecular flexibility index (Phi) is 7.86. The Hall–Kier alpha value is -0.730. The molecular formula is C9H17O3. The van der Waals surface area contributed by atoms with E-state index in [0.717, 1.165) is 12.8 Å². The zero-order chi connectivity index (χ0) is 9.23. The molecule has 0 N–H and O–H groups in total. The highest BCUT2D eigenvalue weighted by atomic mass is 16.7. The fraction of sp³-hybridized carbons (Fsp3) is 0.778. The van der Waals surface area contributed by atoms with Gasteiger partial charge in [-0.25, -0.2) is 4.79 Å². The number of hydrogen-bond donors (Lipinski definition) is 0. The molecule has 3 heteroatoms. The topological polar surface area (TPSA) is 35.5 Å². The SMILES string of the molecule is [CH2]OC(=O)OCCCCCCC. The van der Waals surface area contributed by atoms with E-state index in [1.165, 1.54) is 19.3 Å². The first-order chi connectivity index (χ1) is 5.81. The normalized spacial score (nSPS) is 9.50. The Labute approximate surface area is 74.0 Å². The third kappa shape index (κ3) is 7.38. The second-order valence-corrected chi connectivity index (χ2v) is 2.66. The molecule has 0 atom stereocenters. The summed E-state index contributed by atoms with van der Waals surface area (Å²) in [5.41, 5.74) is 0. The number of unbranched alkanes of at least 4 members (excludes halogenated alkanes) is 4. The maximum absolute atomic E-state index is 10.4. The molecule has 3 nitrogen and oxygen atoms in total. The van der Waals surface area contributed by atoms with E-state index in [1.54, 1.807) is 0 Å². The molecule has 0 saturated carbocycles. The van der Waals surface area contributed by atoms with Gasteiger partial charge in [0.1, 0.15) is 7.11 Å². The van der Waals surface area contributed by atoms with Crippen molar-refractivity contribution in [2.75, 3.05) is 6.61 Å². The summed E-state index contributed by atoms with van der Waals surface area (Å²) in [6, 6.07) is 0. The second kappa shape index (κ2) is 8.37. The van der Waals surface area contributed by atoms with Crippen LogP contribution in [0.3, 0.4) is 0 Å². The number of rotatable bonds is 6. The van der Waals surface area contributed by atoms with Crippen LogP contribution in [0.15, 0.2) is 0 Å². The summed E-state index contributed by atoms with van der Waals surface area (Å²) in [6.07, 6.45) is 5.01. The molecule has 0 aliphatic carbocycles. The van der Waals surface area contributed by atoms with E-state index in [2.05, 4.69) is 23.5 Å². The van der Waals surface area contributed by atoms with Crippen LogP contribution in [0, 0.1) is 7.11 Å². The van der Waals surface area contributed by atoms with Crippen molar-refractivity contribution >= 4 is 6.16 Å². The molecule has 0 spiro atoms. The highest BCUT2D eigenvalue weighted by Crippen LogP contribution is 2.02. The third-order valence-electron chi connectivity index (χ3n) is 1.59. The molecular weight excluding hydrogens is 156 g/mol. The summed E-state index contributed by atoms with van der Waals surface area (Å²) >= 11 is 0. The Balaban J connectivity index is 2.95. The van der Waals surface area contributed by atoms with E-state index < -0.39 is 6.16 Å². The van der Waals surface area contributed by atoms with Crippen LogP contribution in [0.5, 0.6) is 0 Å². The van der Waals surface area contributed by atoms with E-state index >= 15 is 0 Å². The van der Waals surface area contributed by atoms with Gasteiger partial charge in [0.05, 0.1) is 6.61 Å². The molecule has 0 aromatic carbocycles. The van der Waals surface area contributed by atoms with Crippen molar-refractivity contribution in [1.82, 2.24) is 0 Å². The van der Waals surface area contributed by atoms with Gasteiger partial charge < -0.3 is 9.47 Å². The maximum Gasteiger partial charge on any atom is 0.508 e. The van der Waals surface area contributed by atoms with Gasteiger partial charge in [-0.1, -0.05) is 32.6 Å². The van der Waals surface area contributed by atoms with Crippen LogP contribution in [0.4, 0.5) is 4.79 Å². The van der Waals surface area contributed by atoms with Gasteiger partial charge in [-0.05, 0) is 6.42 Å². The van der Waals surface area contributed by atoms with Crippen LogP contribution in [0.2, 0.25) is 0 Å². The lowest BCUT2D eigenvalue weighted by atomic mass is 10.2. The molecule has 71 valence electrons. The van der Waals surface area contributed by atoms with Gasteiger partial charge in [-0.15, -0.1) is 0 Å². The monoisotopic (exact) mass is 173 g/mol. The van der Waals surface area contributed by atoms with Gasteiger partial charge in [0.15, 0.2) is 0 Å². The van der Waals surface area contributed by atoms with Crippen LogP contribution in [0.25, 0.3) is 0 Å². The molecule has 0 amide bonds. The minimum absolute atomic E-state index is 0.443. The van der Waals surface area contributed by atoms with Crippen molar-refractivity contribution in [2.24, 2.45) is 0 Å². The van der Waals surface area contributed by atoms with E-state index in [-0.39, 0.29) is 0 Å². The highest BCUT2D eigenvalue weighted by molar-refractivity contribution is 5.59. The van der Waals surface area contributed by atoms with Crippen molar-refractivity contribution < 1.29 is 14.3 Å². The lowest BCUT2D eigenvalue weighted by Gasteiger charge is -2.01. The molecule has 0 bridgehead atoms. The van der Waals surface area contributed by atoms with Crippen molar-refractivity contribution in [2.45, 2.75) is 39.0 Å². The highest BCUT2D eigenvalue weighted by Gasteiger charge is 1.98. The molecule has 12 heavy (non-hydrogen) atoms. The van der Waals surface area contributed by atoms with Gasteiger partial charge >= 0.3 is 6.16 Å². The Morgan fingerprint density at radius 2 is 1.92 bits per heavy atom. The zero-order valence-corrected chi connectivity index (χ0v) is 7.67. The summed E-state index contributed by atoms with van der Waals surface area (Å²) in [5, 5.41) is 0. The Bertz CT molecular complexity index is 112. The van der Waals surface area contributed by atoms with Gasteiger partial charge in [0.25, 0.3) is 0 Å². The smallest absolute Gasteiger partial charge is 0.434 e. The van der Waals surface area contributed by atoms with E-state index in [0.29, 0.717) is 6.61 Å². The fourth-order valence-corrected chi connectivity index (χ4v) is 0.903. The summed E-state index contributed by atoms with van der Waals surface area (Å²) in [4.78, 5) is 10.4. The largest absolute Gasteiger partial charge is 0.508 e. The average Bonchev–Trinajstić information content (AvgIpc) is 2.10. The maximum atomic E-state index is 10.4. The van der Waals surface area contributed by atoms with Crippen molar-refractivity contribution in [3.05, 3.63) is 7.11 Å². The van der Waals surface area contributed by atoms with Crippen molar-refractivity contribution in [1.29, 1.82) is 0 Å². The third-order valence-corrected chi connectivity index (χ3v) is 1.59. The first-order valence-corrected chi connectivity index (χ1v) is 4.40. The quantitative estimate of drug-likeness (QED) is 0.457. The summed E-state index contributed by atoms with van der Waals surface area (Å²) in [7, 11) is 2.94. The van der Waals surface area contributed by atoms with Crippen LogP contribution in [-0.2, 0) is 9.47 Å². The average molecular weight is 173 g/mol. The number of carbonyl (C=O) groups is 1. The van der Waals surface area contributed by atoms with Crippen LogP contribution < -0.4 is 0 Å². The summed E-state index contributed by atoms with van der Waals surface area (Å²) in [5.74, 6) is 0. The standard InChI is InChI=1S/C9H17O3/c1-3-4-5-6-7-8-12-9(10)11-2/h2-8H2,1H3. The number of carbonyl (C=O) groups excluding carboxylic acids is 1. The minimum Gasteiger partial charge on any atom is -0.434 e. The summed E-state index contributed by atoms with van der Waals surface area (Å²) < 4.78 is 8.71. The molecule has 0 aromatic rings. The summed E-state index contributed by atoms with van der Waals surface area (Å²) in [6.45, 7) is 2.61. The fourth-order valence-electron chi connectivity index (χ4n) is 0.903. The van der Waals surface area contributed by atoms with E-state index in [4.69, 9.17) is 0 Å². The zero-order valence-electron chi connectivity index (χ0n) is 7.67. The first-order valence-electron chi connectivity index (χ1n) is 4.40. The van der Waals surface area contributed by atoms with Crippen molar-refractivity contribution in [3.8, 4) is 0 Å².